The van der Waals surface area contributed by atoms with Crippen LogP contribution in [0.1, 0.15) is 5.56 Å². The number of pyridine rings is 1. The summed E-state index contributed by atoms with van der Waals surface area (Å²) in [5.41, 5.74) is 0.124. The Hall–Kier alpha value is -3.08. The number of anilines is 2. The van der Waals surface area contributed by atoms with Gasteiger partial charge in [0, 0.05) is 51.5 Å². The van der Waals surface area contributed by atoms with E-state index < -0.39 is 11.7 Å². The van der Waals surface area contributed by atoms with E-state index in [1.807, 2.05) is 28.0 Å². The molecule has 0 saturated carbocycles. The fraction of sp³-hybridized carbons (Fsp3) is 0.409. The SMILES string of the molecule is COc1ccc2sc(N3CC(C(=O)N4CCN(c5ccc(C(F)(F)F)cn5)CC4)C3)nc2c1. The number of amides is 1. The number of alkyl halides is 3. The standard InChI is InChI=1S/C22H22F3N5O2S/c1-32-16-3-4-18-17(10-16)27-21(33-18)30-12-14(13-30)20(31)29-8-6-28(7-9-29)19-5-2-15(11-26-19)22(23,24)25/h2-5,10-11,14H,6-9,12-13H2,1H3. The Morgan fingerprint density at radius 1 is 1.09 bits per heavy atom. The highest BCUT2D eigenvalue weighted by molar-refractivity contribution is 7.22. The first kappa shape index (κ1) is 21.7. The van der Waals surface area contributed by atoms with Gasteiger partial charge in [0.25, 0.3) is 0 Å². The molecule has 2 aliphatic rings. The summed E-state index contributed by atoms with van der Waals surface area (Å²) >= 11 is 1.60. The van der Waals surface area contributed by atoms with E-state index in [0.29, 0.717) is 45.1 Å². The lowest BCUT2D eigenvalue weighted by Gasteiger charge is -2.42. The lowest BCUT2D eigenvalue weighted by Crippen LogP contribution is -2.58. The van der Waals surface area contributed by atoms with E-state index in [-0.39, 0.29) is 11.8 Å². The zero-order valence-electron chi connectivity index (χ0n) is 17.9. The molecule has 0 N–H and O–H groups in total. The number of benzene rings is 1. The number of thiazole rings is 1. The molecule has 0 unspecified atom stereocenters. The molecule has 2 saturated heterocycles. The van der Waals surface area contributed by atoms with Gasteiger partial charge in [0.05, 0.1) is 28.8 Å². The second-order valence-corrected chi connectivity index (χ2v) is 9.16. The summed E-state index contributed by atoms with van der Waals surface area (Å²) in [4.78, 5) is 27.4. The fourth-order valence-electron chi connectivity index (χ4n) is 4.10. The summed E-state index contributed by atoms with van der Waals surface area (Å²) in [5, 5.41) is 0.903. The van der Waals surface area contributed by atoms with Crippen LogP contribution in [0.15, 0.2) is 36.5 Å². The predicted octanol–water partition coefficient (Wildman–Crippen LogP) is 3.50. The molecule has 4 heterocycles. The van der Waals surface area contributed by atoms with Crippen LogP contribution in [0.4, 0.5) is 24.1 Å². The predicted molar refractivity (Wildman–Crippen MR) is 120 cm³/mol. The maximum absolute atomic E-state index is 12.9. The van der Waals surface area contributed by atoms with E-state index in [1.54, 1.807) is 18.4 Å². The molecule has 0 spiro atoms. The van der Waals surface area contributed by atoms with Gasteiger partial charge < -0.3 is 19.4 Å². The highest BCUT2D eigenvalue weighted by atomic mass is 32.1. The van der Waals surface area contributed by atoms with Crippen molar-refractivity contribution < 1.29 is 22.7 Å². The number of hydrogen-bond donors (Lipinski definition) is 0. The minimum absolute atomic E-state index is 0.0673. The van der Waals surface area contributed by atoms with Crippen molar-refractivity contribution >= 4 is 38.4 Å². The minimum Gasteiger partial charge on any atom is -0.497 e. The molecule has 2 aromatic heterocycles. The van der Waals surface area contributed by atoms with Crippen LogP contribution in [0.5, 0.6) is 5.75 Å². The van der Waals surface area contributed by atoms with Crippen LogP contribution in [-0.4, -0.2) is 67.2 Å². The van der Waals surface area contributed by atoms with Crippen LogP contribution in [0.2, 0.25) is 0 Å². The molecule has 3 aromatic rings. The molecule has 2 fully saturated rings. The van der Waals surface area contributed by atoms with Crippen molar-refractivity contribution in [3.8, 4) is 5.75 Å². The highest BCUT2D eigenvalue weighted by Gasteiger charge is 2.38. The lowest BCUT2D eigenvalue weighted by molar-refractivity contribution is -0.138. The zero-order chi connectivity index (χ0) is 23.2. The quantitative estimate of drug-likeness (QED) is 0.573. The number of piperazine rings is 1. The van der Waals surface area contributed by atoms with Crippen molar-refractivity contribution in [2.24, 2.45) is 5.92 Å². The van der Waals surface area contributed by atoms with Gasteiger partial charge in [0.15, 0.2) is 5.13 Å². The van der Waals surface area contributed by atoms with Gasteiger partial charge in [0.1, 0.15) is 11.6 Å². The largest absolute Gasteiger partial charge is 0.497 e. The number of carbonyl (C=O) groups is 1. The van der Waals surface area contributed by atoms with Crippen molar-refractivity contribution in [3.05, 3.63) is 42.1 Å². The lowest BCUT2D eigenvalue weighted by atomic mass is 9.99. The maximum atomic E-state index is 12.9. The third-order valence-electron chi connectivity index (χ3n) is 6.08. The number of nitrogens with zero attached hydrogens (tertiary/aromatic N) is 5. The first-order valence-corrected chi connectivity index (χ1v) is 11.4. The number of halogens is 3. The molecule has 0 radical (unpaired) electrons. The van der Waals surface area contributed by atoms with Gasteiger partial charge in [-0.25, -0.2) is 9.97 Å². The van der Waals surface area contributed by atoms with Gasteiger partial charge in [-0.15, -0.1) is 0 Å². The molecule has 2 aliphatic heterocycles. The Bertz CT molecular complexity index is 1150. The van der Waals surface area contributed by atoms with E-state index in [1.165, 1.54) is 6.07 Å². The minimum atomic E-state index is -4.40. The third kappa shape index (κ3) is 4.29. The summed E-state index contributed by atoms with van der Waals surface area (Å²) in [6, 6.07) is 8.23. The van der Waals surface area contributed by atoms with E-state index >= 15 is 0 Å². The second kappa shape index (κ2) is 8.36. The first-order valence-electron chi connectivity index (χ1n) is 10.6. The van der Waals surface area contributed by atoms with Crippen LogP contribution in [0, 0.1) is 5.92 Å². The number of hydrogen-bond acceptors (Lipinski definition) is 7. The highest BCUT2D eigenvalue weighted by Crippen LogP contribution is 2.35. The number of rotatable bonds is 4. The van der Waals surface area contributed by atoms with Gasteiger partial charge in [-0.1, -0.05) is 11.3 Å². The molecule has 7 nitrogen and oxygen atoms in total. The van der Waals surface area contributed by atoms with Crippen LogP contribution in [-0.2, 0) is 11.0 Å². The molecule has 11 heteroatoms. The molecule has 174 valence electrons. The topological polar surface area (TPSA) is 61.8 Å². The van der Waals surface area contributed by atoms with E-state index in [2.05, 4.69) is 14.9 Å². The summed E-state index contributed by atoms with van der Waals surface area (Å²) in [7, 11) is 1.62. The molecular weight excluding hydrogens is 455 g/mol. The van der Waals surface area contributed by atoms with Gasteiger partial charge in [-0.3, -0.25) is 4.79 Å². The number of fused-ring (bicyclic) bond motifs is 1. The van der Waals surface area contributed by atoms with Crippen LogP contribution < -0.4 is 14.5 Å². The normalized spacial score (nSPS) is 17.4. The Labute approximate surface area is 192 Å². The number of aromatic nitrogens is 2. The smallest absolute Gasteiger partial charge is 0.417 e. The Morgan fingerprint density at radius 3 is 2.48 bits per heavy atom. The van der Waals surface area contributed by atoms with Gasteiger partial charge in [-0.2, -0.15) is 13.2 Å². The Morgan fingerprint density at radius 2 is 1.85 bits per heavy atom. The monoisotopic (exact) mass is 477 g/mol. The van der Waals surface area contributed by atoms with E-state index in [0.717, 1.165) is 33.4 Å². The summed E-state index contributed by atoms with van der Waals surface area (Å²) < 4.78 is 44.5. The molecule has 0 bridgehead atoms. The van der Waals surface area contributed by atoms with E-state index in [4.69, 9.17) is 4.74 Å². The number of ether oxygens (including phenoxy) is 1. The summed E-state index contributed by atoms with van der Waals surface area (Å²) in [5.74, 6) is 1.32. The number of methoxy groups -OCH3 is 1. The number of carbonyl (C=O) groups excluding carboxylic acids is 1. The van der Waals surface area contributed by atoms with Crippen molar-refractivity contribution in [1.82, 2.24) is 14.9 Å². The van der Waals surface area contributed by atoms with Crippen LogP contribution >= 0.6 is 11.3 Å². The fourth-order valence-corrected chi connectivity index (χ4v) is 5.07. The average molecular weight is 478 g/mol. The molecule has 0 atom stereocenters. The van der Waals surface area contributed by atoms with Crippen LogP contribution in [0.25, 0.3) is 10.2 Å². The summed E-state index contributed by atoms with van der Waals surface area (Å²) in [6.45, 7) is 3.41. The maximum Gasteiger partial charge on any atom is 0.417 e. The van der Waals surface area contributed by atoms with Crippen LogP contribution in [0.3, 0.4) is 0 Å². The molecule has 1 amide bonds. The molecule has 1 aromatic carbocycles. The molecule has 5 rings (SSSR count). The molecule has 0 aliphatic carbocycles. The average Bonchev–Trinajstić information content (AvgIpc) is 3.20. The molecule has 33 heavy (non-hydrogen) atoms. The first-order chi connectivity index (χ1) is 15.8. The van der Waals surface area contributed by atoms with Gasteiger partial charge in [-0.05, 0) is 24.3 Å². The Balaban J connectivity index is 1.14. The van der Waals surface area contributed by atoms with Gasteiger partial charge in [0.2, 0.25) is 5.91 Å². The van der Waals surface area contributed by atoms with Crippen molar-refractivity contribution in [2.75, 3.05) is 56.2 Å². The molecular formula is C22H22F3N5O2S. The zero-order valence-corrected chi connectivity index (χ0v) is 18.7. The van der Waals surface area contributed by atoms with Crippen molar-refractivity contribution in [1.29, 1.82) is 0 Å². The Kier molecular flexibility index (Phi) is 5.51. The van der Waals surface area contributed by atoms with Crippen molar-refractivity contribution in [2.45, 2.75) is 6.18 Å². The van der Waals surface area contributed by atoms with Crippen molar-refractivity contribution in [3.63, 3.8) is 0 Å². The third-order valence-corrected chi connectivity index (χ3v) is 7.17. The van der Waals surface area contributed by atoms with Gasteiger partial charge >= 0.3 is 6.18 Å². The van der Waals surface area contributed by atoms with E-state index in [9.17, 15) is 18.0 Å². The second-order valence-electron chi connectivity index (χ2n) is 8.15. The summed E-state index contributed by atoms with van der Waals surface area (Å²) in [6.07, 6.45) is -3.54.